The number of benzene rings is 2. The molecule has 2 aromatic rings. The Labute approximate surface area is 196 Å². The molecule has 174 valence electrons. The number of hydrogen-bond donors (Lipinski definition) is 4. The van der Waals surface area contributed by atoms with Crippen LogP contribution in [-0.4, -0.2) is 12.8 Å². The monoisotopic (exact) mass is 475 g/mol. The van der Waals surface area contributed by atoms with Gasteiger partial charge in [0.05, 0.1) is 5.56 Å². The van der Waals surface area contributed by atoms with E-state index in [-0.39, 0.29) is 5.82 Å². The molecular weight excluding hydrogens is 450 g/mol. The fourth-order valence-corrected chi connectivity index (χ4v) is 4.14. The molecule has 0 spiro atoms. The van der Waals surface area contributed by atoms with Crippen LogP contribution in [0.25, 0.3) is 0 Å². The molecule has 0 heterocycles. The molecule has 0 saturated heterocycles. The third-order valence-electron chi connectivity index (χ3n) is 5.81. The molecule has 0 aromatic heterocycles. The maximum Gasteiger partial charge on any atom is 0.416 e. The summed E-state index contributed by atoms with van der Waals surface area (Å²) in [6.07, 6.45) is 2.14. The number of nitrogens with one attached hydrogen (secondary N) is 3. The summed E-state index contributed by atoms with van der Waals surface area (Å²) >= 11 is 4.08. The highest BCUT2D eigenvalue weighted by Gasteiger charge is 2.36. The number of allylic oxidation sites excluding steroid dienone is 3. The van der Waals surface area contributed by atoms with Crippen molar-refractivity contribution in [1.29, 1.82) is 5.41 Å². The van der Waals surface area contributed by atoms with E-state index in [0.717, 1.165) is 29.0 Å². The van der Waals surface area contributed by atoms with Crippen LogP contribution in [0, 0.1) is 16.6 Å². The van der Waals surface area contributed by atoms with E-state index in [0.29, 0.717) is 37.1 Å². The molecule has 0 fully saturated rings. The van der Waals surface area contributed by atoms with Gasteiger partial charge in [-0.15, -0.1) is 6.58 Å². The van der Waals surface area contributed by atoms with E-state index in [1.54, 1.807) is 12.1 Å². The largest absolute Gasteiger partial charge is 0.416 e. The van der Waals surface area contributed by atoms with Gasteiger partial charge in [0.25, 0.3) is 0 Å². The van der Waals surface area contributed by atoms with Crippen molar-refractivity contribution in [3.05, 3.63) is 101 Å². The number of rotatable bonds is 9. The van der Waals surface area contributed by atoms with Crippen LogP contribution < -0.4 is 10.0 Å². The molecule has 0 radical (unpaired) electrons. The molecule has 2 aromatic carbocycles. The van der Waals surface area contributed by atoms with Crippen molar-refractivity contribution >= 4 is 24.7 Å². The Hall–Kier alpha value is -2.84. The lowest BCUT2D eigenvalue weighted by atomic mass is 9.67. The zero-order valence-corrected chi connectivity index (χ0v) is 18.7. The molecular formula is C25H25F4N3S. The maximum atomic E-state index is 13.3. The molecule has 0 bridgehead atoms. The average molecular weight is 476 g/mol. The summed E-state index contributed by atoms with van der Waals surface area (Å²) in [4.78, 5) is 0. The minimum Gasteiger partial charge on any atom is -0.355 e. The Morgan fingerprint density at radius 3 is 2.30 bits per heavy atom. The predicted molar refractivity (Wildman–Crippen MR) is 128 cm³/mol. The van der Waals surface area contributed by atoms with Crippen LogP contribution in [-0.2, 0) is 12.6 Å². The van der Waals surface area contributed by atoms with Gasteiger partial charge in [-0.1, -0.05) is 36.6 Å². The first-order chi connectivity index (χ1) is 15.7. The molecule has 3 nitrogen and oxygen atoms in total. The van der Waals surface area contributed by atoms with E-state index in [9.17, 15) is 17.6 Å². The van der Waals surface area contributed by atoms with Crippen LogP contribution in [0.5, 0.6) is 0 Å². The molecule has 0 aliphatic heterocycles. The van der Waals surface area contributed by atoms with Gasteiger partial charge in [0.2, 0.25) is 0 Å². The Bertz CT molecular complexity index is 1060. The van der Waals surface area contributed by atoms with E-state index in [4.69, 9.17) is 5.41 Å². The quantitative estimate of drug-likeness (QED) is 0.141. The summed E-state index contributed by atoms with van der Waals surface area (Å²) in [6, 6.07) is 11.1. The standard InChI is InChI=1S/C25H25F4N3S/c1-2-24(14-17-3-5-19(6-4-17)25(27,28)29)15-18(16-30)23(13-20(24)11-12-31-33)32-22-9-7-21(26)8-10-22/h2-10,13,16,30-33H,1,11-12,14-15H2. The Balaban J connectivity index is 1.96. The van der Waals surface area contributed by atoms with E-state index < -0.39 is 17.2 Å². The highest BCUT2D eigenvalue weighted by atomic mass is 32.1. The smallest absolute Gasteiger partial charge is 0.355 e. The number of anilines is 1. The van der Waals surface area contributed by atoms with Gasteiger partial charge in [-0.2, -0.15) is 13.2 Å². The van der Waals surface area contributed by atoms with E-state index in [1.165, 1.54) is 30.5 Å². The average Bonchev–Trinajstić information content (AvgIpc) is 2.80. The second kappa shape index (κ2) is 10.4. The summed E-state index contributed by atoms with van der Waals surface area (Å²) in [5, 5.41) is 11.2. The van der Waals surface area contributed by atoms with Crippen LogP contribution in [0.4, 0.5) is 23.2 Å². The van der Waals surface area contributed by atoms with Crippen LogP contribution in [0.15, 0.2) is 84.1 Å². The van der Waals surface area contributed by atoms with Crippen molar-refractivity contribution in [2.75, 3.05) is 11.9 Å². The number of thiol groups is 1. The van der Waals surface area contributed by atoms with Crippen LogP contribution >= 0.6 is 12.8 Å². The van der Waals surface area contributed by atoms with Gasteiger partial charge in [0.1, 0.15) is 5.82 Å². The molecule has 1 atom stereocenters. The molecule has 1 aliphatic rings. The number of hydrogen-bond acceptors (Lipinski definition) is 4. The Kier molecular flexibility index (Phi) is 7.81. The molecule has 1 unspecified atom stereocenters. The summed E-state index contributed by atoms with van der Waals surface area (Å²) in [6.45, 7) is 4.61. The molecule has 8 heteroatoms. The molecule has 1 aliphatic carbocycles. The molecule has 3 rings (SSSR count). The van der Waals surface area contributed by atoms with Crippen molar-refractivity contribution < 1.29 is 17.6 Å². The number of halogens is 4. The lowest BCUT2D eigenvalue weighted by Gasteiger charge is -2.38. The van der Waals surface area contributed by atoms with Gasteiger partial charge in [-0.25, -0.2) is 4.39 Å². The summed E-state index contributed by atoms with van der Waals surface area (Å²) in [5.41, 5.74) is 2.60. The predicted octanol–water partition coefficient (Wildman–Crippen LogP) is 6.73. The fraction of sp³-hybridized carbons (Fsp3) is 0.240. The highest BCUT2D eigenvalue weighted by molar-refractivity contribution is 7.78. The Morgan fingerprint density at radius 1 is 1.09 bits per heavy atom. The lowest BCUT2D eigenvalue weighted by Crippen LogP contribution is -2.30. The summed E-state index contributed by atoms with van der Waals surface area (Å²) in [5.74, 6) is -0.344. The van der Waals surface area contributed by atoms with E-state index >= 15 is 0 Å². The van der Waals surface area contributed by atoms with Crippen LogP contribution in [0.3, 0.4) is 0 Å². The second-order valence-electron chi connectivity index (χ2n) is 7.95. The third-order valence-corrected chi connectivity index (χ3v) is 6.03. The SMILES string of the molecule is C=CC1(Cc2ccc(C(F)(F)F)cc2)CC(C=N)=C(Nc2ccc(F)cc2)C=C1CCNS. The van der Waals surface area contributed by atoms with Crippen molar-refractivity contribution in [2.45, 2.75) is 25.4 Å². The van der Waals surface area contributed by atoms with Gasteiger partial charge < -0.3 is 10.7 Å². The van der Waals surface area contributed by atoms with Crippen molar-refractivity contribution in [3.63, 3.8) is 0 Å². The van der Waals surface area contributed by atoms with Crippen molar-refractivity contribution in [1.82, 2.24) is 4.72 Å². The molecule has 3 N–H and O–H groups in total. The summed E-state index contributed by atoms with van der Waals surface area (Å²) in [7, 11) is 0. The van der Waals surface area contributed by atoms with Crippen molar-refractivity contribution in [3.8, 4) is 0 Å². The zero-order chi connectivity index (χ0) is 24.1. The summed E-state index contributed by atoms with van der Waals surface area (Å²) < 4.78 is 55.0. The van der Waals surface area contributed by atoms with Crippen LogP contribution in [0.1, 0.15) is 24.0 Å². The van der Waals surface area contributed by atoms with Gasteiger partial charge in [0, 0.05) is 29.6 Å². The van der Waals surface area contributed by atoms with Gasteiger partial charge in [-0.05, 0) is 72.9 Å². The van der Waals surface area contributed by atoms with Gasteiger partial charge in [0.15, 0.2) is 0 Å². The maximum absolute atomic E-state index is 13.3. The van der Waals surface area contributed by atoms with E-state index in [1.807, 2.05) is 12.2 Å². The van der Waals surface area contributed by atoms with Crippen molar-refractivity contribution in [2.24, 2.45) is 5.41 Å². The number of alkyl halides is 3. The molecule has 33 heavy (non-hydrogen) atoms. The van der Waals surface area contributed by atoms with Gasteiger partial charge in [-0.3, -0.25) is 4.72 Å². The highest BCUT2D eigenvalue weighted by Crippen LogP contribution is 2.45. The fourth-order valence-electron chi connectivity index (χ4n) is 4.03. The third kappa shape index (κ3) is 5.94. The lowest BCUT2D eigenvalue weighted by molar-refractivity contribution is -0.137. The minimum atomic E-state index is -4.39. The molecule has 0 saturated carbocycles. The van der Waals surface area contributed by atoms with Crippen LogP contribution in [0.2, 0.25) is 0 Å². The molecule has 0 amide bonds. The second-order valence-corrected chi connectivity index (χ2v) is 8.27. The first kappa shape index (κ1) is 24.8. The normalized spacial score (nSPS) is 18.6. The topological polar surface area (TPSA) is 47.9 Å². The van der Waals surface area contributed by atoms with E-state index in [2.05, 4.69) is 29.4 Å². The Morgan fingerprint density at radius 2 is 1.76 bits per heavy atom. The van der Waals surface area contributed by atoms with Gasteiger partial charge >= 0.3 is 6.18 Å². The first-order valence-corrected chi connectivity index (χ1v) is 10.8. The minimum absolute atomic E-state index is 0.344. The first-order valence-electron chi connectivity index (χ1n) is 10.3. The zero-order valence-electron chi connectivity index (χ0n) is 17.8.